The van der Waals surface area contributed by atoms with E-state index < -0.39 is 11.4 Å². The maximum atomic E-state index is 12.0. The molecule has 0 aliphatic heterocycles. The highest BCUT2D eigenvalue weighted by molar-refractivity contribution is 5.95. The Morgan fingerprint density at radius 3 is 2.75 bits per heavy atom. The number of aliphatic carboxylic acids is 1. The summed E-state index contributed by atoms with van der Waals surface area (Å²) in [6.45, 7) is 2.80. The van der Waals surface area contributed by atoms with Gasteiger partial charge in [0.15, 0.2) is 0 Å². The van der Waals surface area contributed by atoms with Gasteiger partial charge in [-0.3, -0.25) is 9.59 Å². The topological polar surface area (TPSA) is 75.6 Å². The van der Waals surface area contributed by atoms with Crippen LogP contribution in [0.4, 0.5) is 0 Å². The summed E-state index contributed by atoms with van der Waals surface area (Å²) in [6.07, 6.45) is 2.15. The van der Waals surface area contributed by atoms with Crippen molar-refractivity contribution in [3.8, 4) is 5.75 Å². The molecule has 0 spiro atoms. The van der Waals surface area contributed by atoms with Gasteiger partial charge in [-0.05, 0) is 37.5 Å². The fraction of sp³-hybridized carbons (Fsp3) is 0.467. The molecular formula is C15H19NO4. The number of ether oxygens (including phenoxy) is 1. The molecule has 0 unspecified atom stereocenters. The van der Waals surface area contributed by atoms with Crippen LogP contribution in [0.15, 0.2) is 24.3 Å². The smallest absolute Gasteiger partial charge is 0.311 e. The minimum Gasteiger partial charge on any atom is -0.494 e. The van der Waals surface area contributed by atoms with E-state index in [9.17, 15) is 9.59 Å². The van der Waals surface area contributed by atoms with Crippen LogP contribution in [0.5, 0.6) is 5.75 Å². The van der Waals surface area contributed by atoms with Gasteiger partial charge < -0.3 is 15.2 Å². The Morgan fingerprint density at radius 1 is 1.40 bits per heavy atom. The summed E-state index contributed by atoms with van der Waals surface area (Å²) in [5.41, 5.74) is -0.258. The largest absolute Gasteiger partial charge is 0.494 e. The molecule has 1 aromatic carbocycles. The zero-order valence-corrected chi connectivity index (χ0v) is 11.5. The lowest BCUT2D eigenvalue weighted by Crippen LogP contribution is -2.34. The first-order valence-electron chi connectivity index (χ1n) is 6.82. The number of carboxylic acids is 1. The number of nitrogens with one attached hydrogen (secondary N) is 1. The molecule has 1 saturated carbocycles. The maximum Gasteiger partial charge on any atom is 0.311 e. The number of amides is 1. The number of carbonyl (C=O) groups excluding carboxylic acids is 1. The molecule has 1 aliphatic carbocycles. The normalized spacial score (nSPS) is 15.4. The molecule has 5 heteroatoms. The Balaban J connectivity index is 1.94. The quantitative estimate of drug-likeness (QED) is 0.800. The van der Waals surface area contributed by atoms with Crippen molar-refractivity contribution in [3.05, 3.63) is 29.8 Å². The van der Waals surface area contributed by atoms with Gasteiger partial charge in [0.2, 0.25) is 0 Å². The van der Waals surface area contributed by atoms with Gasteiger partial charge >= 0.3 is 5.97 Å². The van der Waals surface area contributed by atoms with Gasteiger partial charge in [0.25, 0.3) is 5.91 Å². The lowest BCUT2D eigenvalue weighted by atomic mass is 10.1. The summed E-state index contributed by atoms with van der Waals surface area (Å²) in [5.74, 6) is -0.448. The van der Waals surface area contributed by atoms with Crippen LogP contribution >= 0.6 is 0 Å². The molecule has 0 radical (unpaired) electrons. The number of carboxylic acid groups (broad SMARTS) is 1. The zero-order chi connectivity index (χ0) is 14.6. The Labute approximate surface area is 117 Å². The fourth-order valence-electron chi connectivity index (χ4n) is 1.92. The lowest BCUT2D eigenvalue weighted by Gasteiger charge is -2.12. The average Bonchev–Trinajstić information content (AvgIpc) is 3.24. The molecule has 108 valence electrons. The van der Waals surface area contributed by atoms with Gasteiger partial charge in [0.1, 0.15) is 5.75 Å². The fourth-order valence-corrected chi connectivity index (χ4v) is 1.92. The van der Waals surface area contributed by atoms with Gasteiger partial charge in [-0.15, -0.1) is 0 Å². The number of rotatable bonds is 7. The van der Waals surface area contributed by atoms with Crippen molar-refractivity contribution in [2.75, 3.05) is 13.2 Å². The summed E-state index contributed by atoms with van der Waals surface area (Å²) < 4.78 is 5.47. The van der Waals surface area contributed by atoms with Crippen molar-refractivity contribution in [3.63, 3.8) is 0 Å². The molecule has 1 aromatic rings. The third-order valence-electron chi connectivity index (χ3n) is 3.46. The van der Waals surface area contributed by atoms with Crippen LogP contribution in [0.3, 0.4) is 0 Å². The summed E-state index contributed by atoms with van der Waals surface area (Å²) in [5, 5.41) is 11.7. The molecular weight excluding hydrogens is 258 g/mol. The van der Waals surface area contributed by atoms with Crippen LogP contribution < -0.4 is 10.1 Å². The molecule has 5 nitrogen and oxygen atoms in total. The molecule has 1 fully saturated rings. The van der Waals surface area contributed by atoms with E-state index in [0.717, 1.165) is 6.42 Å². The monoisotopic (exact) mass is 277 g/mol. The molecule has 2 rings (SSSR count). The van der Waals surface area contributed by atoms with Crippen LogP contribution in [0, 0.1) is 5.41 Å². The molecule has 0 heterocycles. The minimum absolute atomic E-state index is 0.182. The third kappa shape index (κ3) is 3.29. The van der Waals surface area contributed by atoms with E-state index in [1.165, 1.54) is 0 Å². The second kappa shape index (κ2) is 5.94. The minimum atomic E-state index is -0.835. The van der Waals surface area contributed by atoms with E-state index in [1.807, 2.05) is 6.92 Å². The predicted molar refractivity (Wildman–Crippen MR) is 73.9 cm³/mol. The highest BCUT2D eigenvalue weighted by Gasteiger charge is 2.50. The van der Waals surface area contributed by atoms with Crippen LogP contribution in [0.25, 0.3) is 0 Å². The highest BCUT2D eigenvalue weighted by atomic mass is 16.5. The highest BCUT2D eigenvalue weighted by Crippen LogP contribution is 2.45. The lowest BCUT2D eigenvalue weighted by molar-refractivity contribution is -0.143. The first kappa shape index (κ1) is 14.4. The average molecular weight is 277 g/mol. The van der Waals surface area contributed by atoms with Gasteiger partial charge in [-0.25, -0.2) is 0 Å². The van der Waals surface area contributed by atoms with Crippen molar-refractivity contribution >= 4 is 11.9 Å². The van der Waals surface area contributed by atoms with Crippen molar-refractivity contribution in [1.29, 1.82) is 0 Å². The van der Waals surface area contributed by atoms with Crippen LogP contribution in [0.2, 0.25) is 0 Å². The summed E-state index contributed by atoms with van der Waals surface area (Å²) in [4.78, 5) is 23.0. The molecule has 1 amide bonds. The molecule has 0 atom stereocenters. The molecule has 0 aromatic heterocycles. The van der Waals surface area contributed by atoms with Crippen molar-refractivity contribution in [2.24, 2.45) is 5.41 Å². The summed E-state index contributed by atoms with van der Waals surface area (Å²) in [7, 11) is 0. The van der Waals surface area contributed by atoms with Crippen LogP contribution in [-0.2, 0) is 4.79 Å². The Morgan fingerprint density at radius 2 is 2.15 bits per heavy atom. The van der Waals surface area contributed by atoms with E-state index >= 15 is 0 Å². The van der Waals surface area contributed by atoms with E-state index in [1.54, 1.807) is 24.3 Å². The predicted octanol–water partition coefficient (Wildman–Crippen LogP) is 2.07. The Bertz CT molecular complexity index is 508. The molecule has 1 aliphatic rings. The van der Waals surface area contributed by atoms with Crippen LogP contribution in [-0.4, -0.2) is 30.1 Å². The van der Waals surface area contributed by atoms with Gasteiger partial charge in [0, 0.05) is 12.1 Å². The van der Waals surface area contributed by atoms with Gasteiger partial charge in [-0.1, -0.05) is 13.0 Å². The zero-order valence-electron chi connectivity index (χ0n) is 11.5. The van der Waals surface area contributed by atoms with E-state index in [-0.39, 0.29) is 12.5 Å². The first-order valence-corrected chi connectivity index (χ1v) is 6.82. The van der Waals surface area contributed by atoms with Gasteiger partial charge in [0.05, 0.1) is 12.0 Å². The van der Waals surface area contributed by atoms with Crippen molar-refractivity contribution in [1.82, 2.24) is 5.32 Å². The number of hydrogen-bond acceptors (Lipinski definition) is 3. The van der Waals surface area contributed by atoms with Crippen molar-refractivity contribution in [2.45, 2.75) is 26.2 Å². The molecule has 0 bridgehead atoms. The number of benzene rings is 1. The van der Waals surface area contributed by atoms with Gasteiger partial charge in [-0.2, -0.15) is 0 Å². The molecule has 2 N–H and O–H groups in total. The SMILES string of the molecule is CCCOc1cccc(C(=O)NCC2(C(=O)O)CC2)c1. The van der Waals surface area contributed by atoms with Crippen molar-refractivity contribution < 1.29 is 19.4 Å². The van der Waals surface area contributed by atoms with E-state index in [4.69, 9.17) is 9.84 Å². The Hall–Kier alpha value is -2.04. The third-order valence-corrected chi connectivity index (χ3v) is 3.46. The van der Waals surface area contributed by atoms with Crippen LogP contribution in [0.1, 0.15) is 36.5 Å². The standard InChI is InChI=1S/C15H19NO4/c1-2-8-20-12-5-3-4-11(9-12)13(17)16-10-15(6-7-15)14(18)19/h3-5,9H,2,6-8,10H2,1H3,(H,16,17)(H,18,19). The second-order valence-electron chi connectivity index (χ2n) is 5.14. The molecule has 20 heavy (non-hydrogen) atoms. The molecule has 0 saturated heterocycles. The summed E-state index contributed by atoms with van der Waals surface area (Å²) in [6, 6.07) is 6.91. The maximum absolute atomic E-state index is 12.0. The second-order valence-corrected chi connectivity index (χ2v) is 5.14. The first-order chi connectivity index (χ1) is 9.57. The van der Waals surface area contributed by atoms with E-state index in [2.05, 4.69) is 5.32 Å². The Kier molecular flexibility index (Phi) is 4.27. The summed E-state index contributed by atoms with van der Waals surface area (Å²) >= 11 is 0. The number of hydrogen-bond donors (Lipinski definition) is 2. The number of carbonyl (C=O) groups is 2. The van der Waals surface area contributed by atoms with E-state index in [0.29, 0.717) is 30.8 Å².